The number of anilines is 1. The van der Waals surface area contributed by atoms with Gasteiger partial charge >= 0.3 is 0 Å². The van der Waals surface area contributed by atoms with Crippen LogP contribution in [0.15, 0.2) is 47.2 Å². The molecule has 4 heterocycles. The third-order valence-corrected chi connectivity index (χ3v) is 9.01. The molecule has 11 heteroatoms. The number of rotatable bonds is 9. The molecule has 1 amide bonds. The lowest BCUT2D eigenvalue weighted by atomic mass is 10.0. The van der Waals surface area contributed by atoms with E-state index < -0.39 is 6.17 Å². The minimum absolute atomic E-state index is 0.112. The third-order valence-electron chi connectivity index (χ3n) is 9.01. The molecular weight excluding hydrogens is 537 g/mol. The molecule has 42 heavy (non-hydrogen) atoms. The standard InChI is InChI=1S/C31H40FN7O3/c1-5-39-26-8-6-7-24(34-25-11-13-37(3)19-23(25)32)22(26)15-27(39)29-35-28(42-36-29)17-33-30(40)20-10-14-38(18-20)21-9-12-31(2,16-21)41-4/h6-8,10,14-15,18,21,23,25,34H,5,9,11-13,16-17,19H2,1-4H3,(H,33,40)/t21-,23+,25-,31-/m1/s1. The third kappa shape index (κ3) is 5.55. The van der Waals surface area contributed by atoms with E-state index in [-0.39, 0.29) is 24.1 Å². The molecule has 1 aliphatic heterocycles. The average Bonchev–Trinajstić information content (AvgIpc) is 3.78. The van der Waals surface area contributed by atoms with E-state index in [1.807, 2.05) is 54.7 Å². The van der Waals surface area contributed by atoms with Gasteiger partial charge in [-0.05, 0) is 70.8 Å². The number of ether oxygens (including phenoxy) is 1. The second-order valence-corrected chi connectivity index (χ2v) is 11.9. The van der Waals surface area contributed by atoms with Gasteiger partial charge in [0.05, 0.1) is 35.0 Å². The van der Waals surface area contributed by atoms with Crippen molar-refractivity contribution < 1.29 is 18.4 Å². The molecule has 0 bridgehead atoms. The number of hydrogen-bond donors (Lipinski definition) is 2. The topological polar surface area (TPSA) is 102 Å². The maximum absolute atomic E-state index is 14.8. The van der Waals surface area contributed by atoms with Crippen LogP contribution in [-0.2, 0) is 17.8 Å². The second kappa shape index (κ2) is 11.5. The van der Waals surface area contributed by atoms with Crippen molar-refractivity contribution in [2.24, 2.45) is 0 Å². The average molecular weight is 578 g/mol. The van der Waals surface area contributed by atoms with E-state index in [2.05, 4.69) is 43.8 Å². The van der Waals surface area contributed by atoms with Gasteiger partial charge in [-0.15, -0.1) is 0 Å². The fourth-order valence-corrected chi connectivity index (χ4v) is 6.43. The number of nitrogens with one attached hydrogen (secondary N) is 2. The van der Waals surface area contributed by atoms with Gasteiger partial charge in [0, 0.05) is 56.3 Å². The molecule has 1 saturated heterocycles. The van der Waals surface area contributed by atoms with Crippen LogP contribution in [0.3, 0.4) is 0 Å². The number of fused-ring (bicyclic) bond motifs is 1. The quantitative estimate of drug-likeness (QED) is 0.288. The Morgan fingerprint density at radius 2 is 2.14 bits per heavy atom. The van der Waals surface area contributed by atoms with Gasteiger partial charge in [-0.3, -0.25) is 4.79 Å². The summed E-state index contributed by atoms with van der Waals surface area (Å²) in [5, 5.41) is 11.6. The van der Waals surface area contributed by atoms with Gasteiger partial charge in [0.1, 0.15) is 6.17 Å². The van der Waals surface area contributed by atoms with Crippen LogP contribution in [0.1, 0.15) is 61.8 Å². The van der Waals surface area contributed by atoms with E-state index in [9.17, 15) is 9.18 Å². The number of aromatic nitrogens is 4. The van der Waals surface area contributed by atoms with Gasteiger partial charge in [0.2, 0.25) is 11.7 Å². The predicted octanol–water partition coefficient (Wildman–Crippen LogP) is 5.03. The summed E-state index contributed by atoms with van der Waals surface area (Å²) in [5.74, 6) is 0.571. The first kappa shape index (κ1) is 28.4. The van der Waals surface area contributed by atoms with E-state index >= 15 is 0 Å². The molecule has 6 rings (SSSR count). The number of benzene rings is 1. The van der Waals surface area contributed by atoms with Crippen molar-refractivity contribution >= 4 is 22.5 Å². The summed E-state index contributed by atoms with van der Waals surface area (Å²) >= 11 is 0. The summed E-state index contributed by atoms with van der Waals surface area (Å²) in [6, 6.07) is 9.96. The zero-order chi connectivity index (χ0) is 29.4. The van der Waals surface area contributed by atoms with E-state index in [0.717, 1.165) is 54.5 Å². The number of halogens is 1. The summed E-state index contributed by atoms with van der Waals surface area (Å²) in [6.45, 7) is 6.30. The molecular formula is C31H40FN7O3. The van der Waals surface area contributed by atoms with E-state index in [1.54, 1.807) is 7.11 Å². The monoisotopic (exact) mass is 577 g/mol. The van der Waals surface area contributed by atoms with Crippen molar-refractivity contribution in [3.8, 4) is 11.5 Å². The normalized spacial score (nSPS) is 24.8. The van der Waals surface area contributed by atoms with Crippen molar-refractivity contribution in [2.45, 2.75) is 76.5 Å². The van der Waals surface area contributed by atoms with E-state index in [0.29, 0.717) is 36.4 Å². The molecule has 3 aromatic heterocycles. The lowest BCUT2D eigenvalue weighted by Gasteiger charge is -2.33. The summed E-state index contributed by atoms with van der Waals surface area (Å²) in [6.07, 6.45) is 6.60. The van der Waals surface area contributed by atoms with Crippen LogP contribution in [0.4, 0.5) is 10.1 Å². The first-order chi connectivity index (χ1) is 20.3. The second-order valence-electron chi connectivity index (χ2n) is 11.9. The van der Waals surface area contributed by atoms with Gasteiger partial charge in [-0.1, -0.05) is 11.2 Å². The fourth-order valence-electron chi connectivity index (χ4n) is 6.43. The van der Waals surface area contributed by atoms with Crippen LogP contribution in [0.25, 0.3) is 22.4 Å². The van der Waals surface area contributed by atoms with E-state index in [4.69, 9.17) is 9.26 Å². The fraction of sp³-hybridized carbons (Fsp3) is 0.516. The molecule has 1 saturated carbocycles. The molecule has 2 aliphatic rings. The minimum Gasteiger partial charge on any atom is -0.379 e. The van der Waals surface area contributed by atoms with E-state index in [1.165, 1.54) is 0 Å². The first-order valence-corrected chi connectivity index (χ1v) is 14.8. The lowest BCUT2D eigenvalue weighted by Crippen LogP contribution is -2.46. The highest BCUT2D eigenvalue weighted by Gasteiger charge is 2.36. The van der Waals surface area contributed by atoms with Gasteiger partial charge in [-0.2, -0.15) is 4.98 Å². The van der Waals surface area contributed by atoms with Crippen LogP contribution in [0.2, 0.25) is 0 Å². The van der Waals surface area contributed by atoms with Crippen LogP contribution in [0, 0.1) is 0 Å². The molecule has 0 spiro atoms. The molecule has 10 nitrogen and oxygen atoms in total. The van der Waals surface area contributed by atoms with Gasteiger partial charge < -0.3 is 33.9 Å². The highest BCUT2D eigenvalue weighted by Crippen LogP contribution is 2.40. The Balaban J connectivity index is 1.14. The number of methoxy groups -OCH3 is 1. The summed E-state index contributed by atoms with van der Waals surface area (Å²) in [4.78, 5) is 19.5. The SMILES string of the molecule is CCn1c(-c2noc(CNC(=O)c3ccn([C@@H]4CC[C@@](C)(OC)C4)c3)n2)cc2c(N[C@@H]3CCN(C)C[C@@H]3F)cccc21. The molecule has 2 fully saturated rings. The van der Waals surface area contributed by atoms with Gasteiger partial charge in [0.25, 0.3) is 5.91 Å². The Morgan fingerprint density at radius 1 is 1.29 bits per heavy atom. The number of aryl methyl sites for hydroxylation is 1. The highest BCUT2D eigenvalue weighted by molar-refractivity contribution is 5.96. The molecule has 4 aromatic rings. The maximum Gasteiger partial charge on any atom is 0.253 e. The Hall–Kier alpha value is -3.70. The largest absolute Gasteiger partial charge is 0.379 e. The Morgan fingerprint density at radius 3 is 2.90 bits per heavy atom. The highest BCUT2D eigenvalue weighted by atomic mass is 19.1. The van der Waals surface area contributed by atoms with Crippen LogP contribution >= 0.6 is 0 Å². The number of likely N-dealkylation sites (tertiary alicyclic amines) is 1. The molecule has 224 valence electrons. The summed E-state index contributed by atoms with van der Waals surface area (Å²) < 4.78 is 30.2. The molecule has 1 aliphatic carbocycles. The number of piperidine rings is 1. The minimum atomic E-state index is -0.936. The van der Waals surface area contributed by atoms with Crippen LogP contribution < -0.4 is 10.6 Å². The Labute approximate surface area is 245 Å². The van der Waals surface area contributed by atoms with Crippen molar-refractivity contribution in [1.29, 1.82) is 0 Å². The molecule has 1 aromatic carbocycles. The molecule has 4 atom stereocenters. The Bertz CT molecular complexity index is 1560. The van der Waals surface area contributed by atoms with Gasteiger partial charge in [0.15, 0.2) is 0 Å². The zero-order valence-electron chi connectivity index (χ0n) is 24.8. The molecule has 0 unspecified atom stereocenters. The Kier molecular flexibility index (Phi) is 7.80. The van der Waals surface area contributed by atoms with Gasteiger partial charge in [-0.25, -0.2) is 4.39 Å². The molecule has 2 N–H and O–H groups in total. The lowest BCUT2D eigenvalue weighted by molar-refractivity contribution is 0.00962. The van der Waals surface area contributed by atoms with Crippen molar-refractivity contribution in [3.63, 3.8) is 0 Å². The number of carbonyl (C=O) groups is 1. The number of carbonyl (C=O) groups excluding carboxylic acids is 1. The molecule has 0 radical (unpaired) electrons. The number of alkyl halides is 1. The summed E-state index contributed by atoms with van der Waals surface area (Å²) in [5.41, 5.74) is 3.19. The number of hydrogen-bond acceptors (Lipinski definition) is 7. The zero-order valence-corrected chi connectivity index (χ0v) is 24.8. The van der Waals surface area contributed by atoms with Crippen molar-refractivity contribution in [1.82, 2.24) is 29.5 Å². The number of amides is 1. The maximum atomic E-state index is 14.8. The predicted molar refractivity (Wildman–Crippen MR) is 159 cm³/mol. The van der Waals surface area contributed by atoms with Crippen LogP contribution in [-0.4, -0.2) is 75.1 Å². The number of nitrogens with zero attached hydrogens (tertiary/aromatic N) is 5. The van der Waals surface area contributed by atoms with Crippen LogP contribution in [0.5, 0.6) is 0 Å². The smallest absolute Gasteiger partial charge is 0.253 e. The first-order valence-electron chi connectivity index (χ1n) is 14.8. The van der Waals surface area contributed by atoms with Crippen molar-refractivity contribution in [2.75, 3.05) is 32.6 Å². The summed E-state index contributed by atoms with van der Waals surface area (Å²) in [7, 11) is 3.71. The van der Waals surface area contributed by atoms with Crippen molar-refractivity contribution in [3.05, 3.63) is 54.2 Å².